The minimum Gasteiger partial charge on any atom is -0.310 e. The van der Waals surface area contributed by atoms with Gasteiger partial charge >= 0.3 is 0 Å². The van der Waals surface area contributed by atoms with Crippen LogP contribution in [0, 0.1) is 5.92 Å². The first-order valence-electron chi connectivity index (χ1n) is 5.72. The maximum absolute atomic E-state index is 6.05. The van der Waals surface area contributed by atoms with E-state index in [0.717, 1.165) is 22.5 Å². The zero-order valence-electron chi connectivity index (χ0n) is 10.1. The van der Waals surface area contributed by atoms with E-state index in [1.54, 1.807) is 0 Å². The van der Waals surface area contributed by atoms with Crippen LogP contribution in [-0.2, 0) is 6.54 Å². The maximum Gasteiger partial charge on any atom is 0.0551 e. The molecule has 0 saturated heterocycles. The lowest BCUT2D eigenvalue weighted by Crippen LogP contribution is -2.32. The molecule has 1 aromatic rings. The fourth-order valence-electron chi connectivity index (χ4n) is 1.75. The van der Waals surface area contributed by atoms with Gasteiger partial charge in [-0.3, -0.25) is 0 Å². The van der Waals surface area contributed by atoms with Crippen LogP contribution < -0.4 is 5.32 Å². The van der Waals surface area contributed by atoms with Gasteiger partial charge in [0.25, 0.3) is 0 Å². The van der Waals surface area contributed by atoms with Crippen LogP contribution in [0.4, 0.5) is 0 Å². The van der Waals surface area contributed by atoms with Crippen molar-refractivity contribution in [3.63, 3.8) is 0 Å². The Morgan fingerprint density at radius 3 is 2.56 bits per heavy atom. The van der Waals surface area contributed by atoms with Crippen molar-refractivity contribution in [3.8, 4) is 0 Å². The summed E-state index contributed by atoms with van der Waals surface area (Å²) in [4.78, 5) is 0. The monoisotopic (exact) mass is 303 g/mol. The van der Waals surface area contributed by atoms with Crippen LogP contribution in [-0.4, -0.2) is 6.04 Å². The second-order valence-corrected chi connectivity index (χ2v) is 5.65. The molecular formula is C13H19BrClN. The molecule has 0 saturated carbocycles. The topological polar surface area (TPSA) is 12.0 Å². The molecule has 1 N–H and O–H groups in total. The fraction of sp³-hybridized carbons (Fsp3) is 0.538. The van der Waals surface area contributed by atoms with Crippen molar-refractivity contribution in [2.45, 2.75) is 39.8 Å². The van der Waals surface area contributed by atoms with Gasteiger partial charge < -0.3 is 5.32 Å². The minimum absolute atomic E-state index is 0.572. The molecule has 0 bridgehead atoms. The van der Waals surface area contributed by atoms with E-state index >= 15 is 0 Å². The van der Waals surface area contributed by atoms with E-state index < -0.39 is 0 Å². The molecule has 0 heterocycles. The summed E-state index contributed by atoms with van der Waals surface area (Å²) in [6.45, 7) is 7.58. The highest BCUT2D eigenvalue weighted by molar-refractivity contribution is 9.10. The highest BCUT2D eigenvalue weighted by atomic mass is 79.9. The predicted molar refractivity (Wildman–Crippen MR) is 74.9 cm³/mol. The summed E-state index contributed by atoms with van der Waals surface area (Å²) in [5, 5.41) is 4.33. The van der Waals surface area contributed by atoms with Crippen LogP contribution in [0.1, 0.15) is 32.8 Å². The smallest absolute Gasteiger partial charge is 0.0551 e. The van der Waals surface area contributed by atoms with Crippen molar-refractivity contribution in [1.29, 1.82) is 0 Å². The van der Waals surface area contributed by atoms with Gasteiger partial charge in [-0.15, -0.1) is 0 Å². The molecule has 0 aliphatic heterocycles. The van der Waals surface area contributed by atoms with Gasteiger partial charge in [0.2, 0.25) is 0 Å². The first-order chi connectivity index (χ1) is 7.54. The minimum atomic E-state index is 0.572. The summed E-state index contributed by atoms with van der Waals surface area (Å²) in [5.74, 6) is 0.663. The van der Waals surface area contributed by atoms with Crippen LogP contribution in [0.25, 0.3) is 0 Å². The Labute approximate surface area is 112 Å². The summed E-state index contributed by atoms with van der Waals surface area (Å²) < 4.78 is 0.953. The number of benzene rings is 1. The van der Waals surface area contributed by atoms with E-state index in [-0.39, 0.29) is 0 Å². The standard InChI is InChI=1S/C13H19BrClN/c1-4-13(9(2)3)16-8-10-5-6-11(14)12(15)7-10/h5-7,9,13,16H,4,8H2,1-3H3. The Morgan fingerprint density at radius 1 is 1.38 bits per heavy atom. The summed E-state index contributed by atoms with van der Waals surface area (Å²) in [6, 6.07) is 6.67. The normalized spacial score (nSPS) is 13.1. The summed E-state index contributed by atoms with van der Waals surface area (Å²) in [6.07, 6.45) is 1.15. The van der Waals surface area contributed by atoms with E-state index in [2.05, 4.69) is 48.1 Å². The zero-order valence-corrected chi connectivity index (χ0v) is 12.4. The second-order valence-electron chi connectivity index (χ2n) is 4.39. The van der Waals surface area contributed by atoms with Gasteiger partial charge in [-0.25, -0.2) is 0 Å². The van der Waals surface area contributed by atoms with Gasteiger partial charge in [-0.2, -0.15) is 0 Å². The van der Waals surface area contributed by atoms with Crippen molar-refractivity contribution in [2.24, 2.45) is 5.92 Å². The molecule has 1 rings (SSSR count). The lowest BCUT2D eigenvalue weighted by molar-refractivity contribution is 0.387. The molecule has 1 unspecified atom stereocenters. The van der Waals surface area contributed by atoms with Crippen LogP contribution in [0.3, 0.4) is 0 Å². The molecule has 0 aliphatic carbocycles. The average Bonchev–Trinajstić information content (AvgIpc) is 2.23. The molecule has 90 valence electrons. The zero-order chi connectivity index (χ0) is 12.1. The van der Waals surface area contributed by atoms with E-state index in [1.165, 1.54) is 5.56 Å². The molecule has 3 heteroatoms. The Hall–Kier alpha value is -0.0500. The predicted octanol–water partition coefficient (Wildman–Crippen LogP) is 4.63. The molecule has 1 nitrogen and oxygen atoms in total. The highest BCUT2D eigenvalue weighted by Gasteiger charge is 2.09. The number of nitrogens with one attached hydrogen (secondary N) is 1. The van der Waals surface area contributed by atoms with Gasteiger partial charge in [0.05, 0.1) is 5.02 Å². The molecule has 16 heavy (non-hydrogen) atoms. The molecule has 1 atom stereocenters. The Kier molecular flexibility index (Phi) is 5.81. The quantitative estimate of drug-likeness (QED) is 0.836. The molecule has 0 aromatic heterocycles. The van der Waals surface area contributed by atoms with E-state index in [4.69, 9.17) is 11.6 Å². The van der Waals surface area contributed by atoms with Crippen LogP contribution in [0.2, 0.25) is 5.02 Å². The number of halogens is 2. The maximum atomic E-state index is 6.05. The SMILES string of the molecule is CCC(NCc1ccc(Br)c(Cl)c1)C(C)C. The van der Waals surface area contributed by atoms with Gasteiger partial charge in [0.1, 0.15) is 0 Å². The molecule has 0 fully saturated rings. The number of hydrogen-bond donors (Lipinski definition) is 1. The summed E-state index contributed by atoms with van der Waals surface area (Å²) in [7, 11) is 0. The lowest BCUT2D eigenvalue weighted by Gasteiger charge is -2.20. The molecule has 0 amide bonds. The van der Waals surface area contributed by atoms with Crippen LogP contribution >= 0.6 is 27.5 Å². The average molecular weight is 305 g/mol. The third kappa shape index (κ3) is 4.08. The Morgan fingerprint density at radius 2 is 2.06 bits per heavy atom. The summed E-state index contributed by atoms with van der Waals surface area (Å²) in [5.41, 5.74) is 1.23. The molecule has 0 radical (unpaired) electrons. The van der Waals surface area contributed by atoms with Crippen LogP contribution in [0.5, 0.6) is 0 Å². The summed E-state index contributed by atoms with van der Waals surface area (Å²) >= 11 is 9.44. The molecular weight excluding hydrogens is 286 g/mol. The van der Waals surface area contributed by atoms with Gasteiger partial charge in [-0.1, -0.05) is 38.4 Å². The molecule has 0 spiro atoms. The van der Waals surface area contributed by atoms with E-state index in [9.17, 15) is 0 Å². The fourth-order valence-corrected chi connectivity index (χ4v) is 2.20. The van der Waals surface area contributed by atoms with Gasteiger partial charge in [0, 0.05) is 17.1 Å². The van der Waals surface area contributed by atoms with Crippen molar-refractivity contribution in [2.75, 3.05) is 0 Å². The van der Waals surface area contributed by atoms with Crippen molar-refractivity contribution < 1.29 is 0 Å². The van der Waals surface area contributed by atoms with Gasteiger partial charge in [0.15, 0.2) is 0 Å². The first-order valence-corrected chi connectivity index (χ1v) is 6.89. The molecule has 1 aromatic carbocycles. The third-order valence-electron chi connectivity index (χ3n) is 2.80. The third-order valence-corrected chi connectivity index (χ3v) is 4.03. The second kappa shape index (κ2) is 6.63. The molecule has 0 aliphatic rings. The first kappa shape index (κ1) is 14.0. The number of hydrogen-bond acceptors (Lipinski definition) is 1. The van der Waals surface area contributed by atoms with E-state index in [0.29, 0.717) is 12.0 Å². The lowest BCUT2D eigenvalue weighted by atomic mass is 10.0. The van der Waals surface area contributed by atoms with Crippen molar-refractivity contribution >= 4 is 27.5 Å². The van der Waals surface area contributed by atoms with E-state index in [1.807, 2.05) is 12.1 Å². The Balaban J connectivity index is 2.57. The Bertz CT molecular complexity index is 339. The van der Waals surface area contributed by atoms with Crippen molar-refractivity contribution in [3.05, 3.63) is 33.3 Å². The van der Waals surface area contributed by atoms with Crippen LogP contribution in [0.15, 0.2) is 22.7 Å². The number of rotatable bonds is 5. The largest absolute Gasteiger partial charge is 0.310 e. The highest BCUT2D eigenvalue weighted by Crippen LogP contribution is 2.23. The van der Waals surface area contributed by atoms with Crippen molar-refractivity contribution in [1.82, 2.24) is 5.32 Å². The van der Waals surface area contributed by atoms with Gasteiger partial charge in [-0.05, 0) is 46.0 Å².